The quantitative estimate of drug-likeness (QED) is 0.930. The summed E-state index contributed by atoms with van der Waals surface area (Å²) in [5, 5.41) is 1.12. The molecule has 2 aromatic rings. The smallest absolute Gasteiger partial charge is 0.142 e. The van der Waals surface area contributed by atoms with Crippen molar-refractivity contribution in [1.29, 1.82) is 0 Å². The number of nitrogens with zero attached hydrogens (tertiary/aromatic N) is 2. The molecule has 16 heavy (non-hydrogen) atoms. The zero-order valence-corrected chi connectivity index (χ0v) is 11.4. The van der Waals surface area contributed by atoms with Crippen LogP contribution in [-0.2, 0) is 6.42 Å². The molecule has 4 heteroatoms. The standard InChI is InChI=1S/C12H16BrN3/c1-4-5-9-15-11(7(2)3)10-8(13)6-14-12(10)16-9/h6-7H,4-5H2,1-3H3,(H,14,15,16). The van der Waals surface area contributed by atoms with Crippen molar-refractivity contribution in [3.8, 4) is 0 Å². The maximum atomic E-state index is 4.66. The number of hydrogen-bond acceptors (Lipinski definition) is 2. The van der Waals surface area contributed by atoms with Gasteiger partial charge in [-0.2, -0.15) is 0 Å². The molecule has 0 unspecified atom stereocenters. The highest BCUT2D eigenvalue weighted by molar-refractivity contribution is 9.10. The SMILES string of the molecule is CCCc1nc(C(C)C)c2c(Br)c[nH]c2n1. The summed E-state index contributed by atoms with van der Waals surface area (Å²) in [5.74, 6) is 1.35. The Hall–Kier alpha value is -0.900. The number of nitrogens with one attached hydrogen (secondary N) is 1. The zero-order valence-electron chi connectivity index (χ0n) is 9.84. The minimum atomic E-state index is 0.410. The highest BCUT2D eigenvalue weighted by Gasteiger charge is 2.14. The van der Waals surface area contributed by atoms with Gasteiger partial charge in [-0.15, -0.1) is 0 Å². The molecule has 0 fully saturated rings. The molecule has 0 radical (unpaired) electrons. The van der Waals surface area contributed by atoms with Crippen molar-refractivity contribution in [3.05, 3.63) is 22.2 Å². The molecule has 0 saturated carbocycles. The molecule has 0 bridgehead atoms. The summed E-state index contributed by atoms with van der Waals surface area (Å²) in [6, 6.07) is 0. The first kappa shape index (κ1) is 11.6. The van der Waals surface area contributed by atoms with Gasteiger partial charge >= 0.3 is 0 Å². The zero-order chi connectivity index (χ0) is 11.7. The molecular formula is C12H16BrN3. The third-order valence-corrected chi connectivity index (χ3v) is 3.20. The Bertz CT molecular complexity index is 502. The van der Waals surface area contributed by atoms with Crippen LogP contribution in [-0.4, -0.2) is 15.0 Å². The van der Waals surface area contributed by atoms with Gasteiger partial charge in [0, 0.05) is 17.1 Å². The second-order valence-electron chi connectivity index (χ2n) is 4.29. The fourth-order valence-electron chi connectivity index (χ4n) is 1.82. The molecule has 2 rings (SSSR count). The number of aromatic nitrogens is 3. The number of H-pyrrole nitrogens is 1. The van der Waals surface area contributed by atoms with Crippen molar-refractivity contribution in [1.82, 2.24) is 15.0 Å². The Kier molecular flexibility index (Phi) is 3.28. The summed E-state index contributed by atoms with van der Waals surface area (Å²) in [6.45, 7) is 6.47. The predicted octanol–water partition coefficient (Wildman–Crippen LogP) is 3.80. The van der Waals surface area contributed by atoms with E-state index in [1.165, 1.54) is 0 Å². The molecule has 3 nitrogen and oxygen atoms in total. The molecule has 1 N–H and O–H groups in total. The van der Waals surface area contributed by atoms with Crippen LogP contribution >= 0.6 is 15.9 Å². The largest absolute Gasteiger partial charge is 0.345 e. The maximum Gasteiger partial charge on any atom is 0.142 e. The van der Waals surface area contributed by atoms with E-state index in [0.717, 1.165) is 39.9 Å². The lowest BCUT2D eigenvalue weighted by molar-refractivity contribution is 0.778. The van der Waals surface area contributed by atoms with Gasteiger partial charge in [-0.05, 0) is 28.3 Å². The molecule has 0 amide bonds. The number of hydrogen-bond donors (Lipinski definition) is 1. The minimum absolute atomic E-state index is 0.410. The molecule has 0 aliphatic carbocycles. The fraction of sp³-hybridized carbons (Fsp3) is 0.500. The van der Waals surface area contributed by atoms with Gasteiger partial charge in [0.05, 0.1) is 11.1 Å². The molecule has 0 aromatic carbocycles. The van der Waals surface area contributed by atoms with Crippen LogP contribution in [0.2, 0.25) is 0 Å². The van der Waals surface area contributed by atoms with Gasteiger partial charge in [-0.1, -0.05) is 20.8 Å². The molecule has 2 aromatic heterocycles. The Labute approximate surface area is 104 Å². The fourth-order valence-corrected chi connectivity index (χ4v) is 2.33. The number of halogens is 1. The molecule has 0 spiro atoms. The minimum Gasteiger partial charge on any atom is -0.345 e. The van der Waals surface area contributed by atoms with E-state index in [1.807, 2.05) is 6.20 Å². The normalized spacial score (nSPS) is 11.6. The van der Waals surface area contributed by atoms with Crippen molar-refractivity contribution in [2.75, 3.05) is 0 Å². The molecule has 0 atom stereocenters. The van der Waals surface area contributed by atoms with Crippen LogP contribution in [0.5, 0.6) is 0 Å². The van der Waals surface area contributed by atoms with Crippen molar-refractivity contribution in [3.63, 3.8) is 0 Å². The molecule has 86 valence electrons. The van der Waals surface area contributed by atoms with Crippen LogP contribution in [0, 0.1) is 0 Å². The van der Waals surface area contributed by atoms with E-state index in [-0.39, 0.29) is 0 Å². The number of aromatic amines is 1. The van der Waals surface area contributed by atoms with Crippen LogP contribution in [0.3, 0.4) is 0 Å². The Balaban J connectivity index is 2.66. The Morgan fingerprint density at radius 1 is 1.38 bits per heavy atom. The average Bonchev–Trinajstić information content (AvgIpc) is 2.60. The highest BCUT2D eigenvalue weighted by atomic mass is 79.9. The van der Waals surface area contributed by atoms with Crippen LogP contribution < -0.4 is 0 Å². The summed E-state index contributed by atoms with van der Waals surface area (Å²) in [5.41, 5.74) is 2.07. The first-order chi connectivity index (χ1) is 7.63. The van der Waals surface area contributed by atoms with Crippen molar-refractivity contribution in [2.24, 2.45) is 0 Å². The van der Waals surface area contributed by atoms with E-state index in [9.17, 15) is 0 Å². The van der Waals surface area contributed by atoms with E-state index in [2.05, 4.69) is 51.7 Å². The molecule has 0 aliphatic heterocycles. The molecule has 0 aliphatic rings. The Morgan fingerprint density at radius 3 is 2.75 bits per heavy atom. The average molecular weight is 282 g/mol. The molecule has 0 saturated heterocycles. The van der Waals surface area contributed by atoms with E-state index >= 15 is 0 Å². The first-order valence-electron chi connectivity index (χ1n) is 5.66. The van der Waals surface area contributed by atoms with Gasteiger partial charge in [-0.3, -0.25) is 0 Å². The van der Waals surface area contributed by atoms with Crippen molar-refractivity contribution in [2.45, 2.75) is 39.5 Å². The first-order valence-corrected chi connectivity index (χ1v) is 6.46. The lowest BCUT2D eigenvalue weighted by atomic mass is 10.1. The lowest BCUT2D eigenvalue weighted by Crippen LogP contribution is -2.02. The summed E-state index contributed by atoms with van der Waals surface area (Å²) >= 11 is 3.54. The maximum absolute atomic E-state index is 4.66. The second-order valence-corrected chi connectivity index (χ2v) is 5.14. The van der Waals surface area contributed by atoms with Gasteiger partial charge in [0.2, 0.25) is 0 Å². The van der Waals surface area contributed by atoms with Gasteiger partial charge in [-0.25, -0.2) is 9.97 Å². The number of rotatable bonds is 3. The van der Waals surface area contributed by atoms with E-state index in [0.29, 0.717) is 5.92 Å². The van der Waals surface area contributed by atoms with Crippen LogP contribution in [0.15, 0.2) is 10.7 Å². The van der Waals surface area contributed by atoms with Crippen molar-refractivity contribution >= 4 is 27.0 Å². The van der Waals surface area contributed by atoms with Gasteiger partial charge in [0.15, 0.2) is 0 Å². The van der Waals surface area contributed by atoms with Crippen LogP contribution in [0.1, 0.15) is 44.6 Å². The predicted molar refractivity (Wildman–Crippen MR) is 69.7 cm³/mol. The number of aryl methyl sites for hydroxylation is 1. The van der Waals surface area contributed by atoms with Gasteiger partial charge in [0.1, 0.15) is 11.5 Å². The summed E-state index contributed by atoms with van der Waals surface area (Å²) < 4.78 is 1.05. The second kappa shape index (κ2) is 4.53. The molecule has 2 heterocycles. The van der Waals surface area contributed by atoms with E-state index in [4.69, 9.17) is 0 Å². The number of fused-ring (bicyclic) bond motifs is 1. The molecular weight excluding hydrogens is 266 g/mol. The highest BCUT2D eigenvalue weighted by Crippen LogP contribution is 2.29. The summed E-state index contributed by atoms with van der Waals surface area (Å²) in [4.78, 5) is 12.4. The van der Waals surface area contributed by atoms with Gasteiger partial charge in [0.25, 0.3) is 0 Å². The third-order valence-electron chi connectivity index (χ3n) is 2.58. The topological polar surface area (TPSA) is 41.6 Å². The third kappa shape index (κ3) is 1.98. The Morgan fingerprint density at radius 2 is 2.12 bits per heavy atom. The van der Waals surface area contributed by atoms with Gasteiger partial charge < -0.3 is 4.98 Å². The lowest BCUT2D eigenvalue weighted by Gasteiger charge is -2.08. The van der Waals surface area contributed by atoms with E-state index < -0.39 is 0 Å². The van der Waals surface area contributed by atoms with Crippen LogP contribution in [0.25, 0.3) is 11.0 Å². The van der Waals surface area contributed by atoms with Crippen molar-refractivity contribution < 1.29 is 0 Å². The van der Waals surface area contributed by atoms with Crippen LogP contribution in [0.4, 0.5) is 0 Å². The monoisotopic (exact) mass is 281 g/mol. The summed E-state index contributed by atoms with van der Waals surface area (Å²) in [6.07, 6.45) is 3.94. The van der Waals surface area contributed by atoms with E-state index in [1.54, 1.807) is 0 Å². The summed E-state index contributed by atoms with van der Waals surface area (Å²) in [7, 11) is 0.